The minimum absolute atomic E-state index is 0.161. The first-order chi connectivity index (χ1) is 14.1. The van der Waals surface area contributed by atoms with Crippen molar-refractivity contribution in [3.8, 4) is 17.2 Å². The maximum atomic E-state index is 11.8. The number of benzene rings is 2. The summed E-state index contributed by atoms with van der Waals surface area (Å²) in [7, 11) is 1.59. The van der Waals surface area contributed by atoms with Gasteiger partial charge in [-0.3, -0.25) is 4.79 Å². The summed E-state index contributed by atoms with van der Waals surface area (Å²) >= 11 is 5.87. The van der Waals surface area contributed by atoms with Crippen LogP contribution < -0.4 is 19.6 Å². The Kier molecular flexibility index (Phi) is 9.86. The number of rotatable bonds is 12. The number of hydrogen-bond donors (Lipinski definition) is 1. The van der Waals surface area contributed by atoms with Crippen LogP contribution in [-0.4, -0.2) is 32.4 Å². The Labute approximate surface area is 176 Å². The molecule has 2 aromatic carbocycles. The molecule has 0 aromatic heterocycles. The van der Waals surface area contributed by atoms with Gasteiger partial charge in [0.15, 0.2) is 18.1 Å². The molecule has 0 saturated heterocycles. The number of carbonyl (C=O) groups excluding carboxylic acids is 1. The van der Waals surface area contributed by atoms with E-state index in [-0.39, 0.29) is 12.5 Å². The van der Waals surface area contributed by atoms with Crippen molar-refractivity contribution in [2.45, 2.75) is 32.6 Å². The molecule has 156 valence electrons. The molecule has 0 spiro atoms. The fourth-order valence-electron chi connectivity index (χ4n) is 2.51. The number of halogens is 1. The van der Waals surface area contributed by atoms with Crippen molar-refractivity contribution in [3.63, 3.8) is 0 Å². The lowest BCUT2D eigenvalue weighted by atomic mass is 10.2. The predicted molar refractivity (Wildman–Crippen MR) is 115 cm³/mol. The molecule has 0 unspecified atom stereocenters. The summed E-state index contributed by atoms with van der Waals surface area (Å²) < 4.78 is 16.5. The second-order valence-electron chi connectivity index (χ2n) is 6.36. The van der Waals surface area contributed by atoms with E-state index in [9.17, 15) is 4.79 Å². The molecule has 0 aliphatic carbocycles. The summed E-state index contributed by atoms with van der Waals surface area (Å²) in [5, 5.41) is 4.49. The van der Waals surface area contributed by atoms with Crippen LogP contribution in [0.5, 0.6) is 17.2 Å². The highest BCUT2D eigenvalue weighted by molar-refractivity contribution is 6.30. The summed E-state index contributed by atoms with van der Waals surface area (Å²) in [6.45, 7) is 2.68. The average Bonchev–Trinajstić information content (AvgIpc) is 2.73. The van der Waals surface area contributed by atoms with Gasteiger partial charge in [0, 0.05) is 5.02 Å². The molecule has 0 atom stereocenters. The van der Waals surface area contributed by atoms with Crippen LogP contribution in [0.4, 0.5) is 0 Å². The van der Waals surface area contributed by atoms with E-state index in [0.29, 0.717) is 28.9 Å². The minimum atomic E-state index is -0.375. The van der Waals surface area contributed by atoms with Gasteiger partial charge < -0.3 is 14.2 Å². The van der Waals surface area contributed by atoms with Gasteiger partial charge in [0.25, 0.3) is 5.91 Å². The first-order valence-corrected chi connectivity index (χ1v) is 10.0. The second kappa shape index (κ2) is 12.7. The lowest BCUT2D eigenvalue weighted by molar-refractivity contribution is -0.123. The number of ether oxygens (including phenoxy) is 3. The minimum Gasteiger partial charge on any atom is -0.493 e. The zero-order chi connectivity index (χ0) is 20.9. The van der Waals surface area contributed by atoms with Gasteiger partial charge in [0.05, 0.1) is 19.9 Å². The maximum absolute atomic E-state index is 11.8. The molecular formula is C22H27ClN2O4. The first-order valence-electron chi connectivity index (χ1n) is 9.63. The van der Waals surface area contributed by atoms with E-state index in [4.69, 9.17) is 25.8 Å². The topological polar surface area (TPSA) is 69.2 Å². The van der Waals surface area contributed by atoms with E-state index < -0.39 is 0 Å². The molecule has 6 nitrogen and oxygen atoms in total. The van der Waals surface area contributed by atoms with Gasteiger partial charge in [-0.15, -0.1) is 0 Å². The van der Waals surface area contributed by atoms with Crippen LogP contribution >= 0.6 is 11.6 Å². The standard InChI is InChI=1S/C22H27ClN2O4/c1-3-4-5-6-12-28-20-11-10-17(13-21(20)27-2)15-24-25-22(26)16-29-19-9-7-8-18(23)14-19/h7-11,13-15H,3-6,12,16H2,1-2H3,(H,25,26)/b24-15+. The Morgan fingerprint density at radius 3 is 2.72 bits per heavy atom. The molecule has 0 radical (unpaired) electrons. The molecule has 1 N–H and O–H groups in total. The summed E-state index contributed by atoms with van der Waals surface area (Å²) in [5.74, 6) is 1.46. The van der Waals surface area contributed by atoms with Gasteiger partial charge in [-0.1, -0.05) is 43.9 Å². The Morgan fingerprint density at radius 1 is 1.10 bits per heavy atom. The number of nitrogens with zero attached hydrogens (tertiary/aromatic N) is 1. The summed E-state index contributed by atoms with van der Waals surface area (Å²) in [6, 6.07) is 12.3. The van der Waals surface area contributed by atoms with Gasteiger partial charge in [0.2, 0.25) is 0 Å². The van der Waals surface area contributed by atoms with Gasteiger partial charge in [-0.25, -0.2) is 5.43 Å². The molecular weight excluding hydrogens is 392 g/mol. The second-order valence-corrected chi connectivity index (χ2v) is 6.80. The summed E-state index contributed by atoms with van der Waals surface area (Å²) in [5.41, 5.74) is 3.20. The number of unbranched alkanes of at least 4 members (excludes halogenated alkanes) is 3. The molecule has 0 aliphatic rings. The Morgan fingerprint density at radius 2 is 1.97 bits per heavy atom. The maximum Gasteiger partial charge on any atom is 0.277 e. The van der Waals surface area contributed by atoms with E-state index >= 15 is 0 Å². The first kappa shape index (κ1) is 22.6. The monoisotopic (exact) mass is 418 g/mol. The van der Waals surface area contributed by atoms with E-state index in [1.165, 1.54) is 19.1 Å². The number of amides is 1. The van der Waals surface area contributed by atoms with Crippen molar-refractivity contribution in [1.29, 1.82) is 0 Å². The molecule has 29 heavy (non-hydrogen) atoms. The molecule has 2 aromatic rings. The van der Waals surface area contributed by atoms with Crippen LogP contribution in [0.2, 0.25) is 5.02 Å². The van der Waals surface area contributed by atoms with Crippen LogP contribution in [0.1, 0.15) is 38.2 Å². The zero-order valence-electron chi connectivity index (χ0n) is 16.8. The van der Waals surface area contributed by atoms with Crippen molar-refractivity contribution in [2.24, 2.45) is 5.10 Å². The van der Waals surface area contributed by atoms with Crippen LogP contribution in [0.15, 0.2) is 47.6 Å². The van der Waals surface area contributed by atoms with Gasteiger partial charge in [-0.05, 0) is 48.4 Å². The third kappa shape index (κ3) is 8.44. The Hall–Kier alpha value is -2.73. The molecule has 1 amide bonds. The quantitative estimate of drug-likeness (QED) is 0.304. The highest BCUT2D eigenvalue weighted by Gasteiger charge is 2.06. The number of carbonyl (C=O) groups is 1. The Balaban J connectivity index is 1.80. The van der Waals surface area contributed by atoms with E-state index in [1.54, 1.807) is 37.4 Å². The number of nitrogens with one attached hydrogen (secondary N) is 1. The fourth-order valence-corrected chi connectivity index (χ4v) is 2.69. The highest BCUT2D eigenvalue weighted by Crippen LogP contribution is 2.27. The van der Waals surface area contributed by atoms with E-state index in [1.807, 2.05) is 12.1 Å². The van der Waals surface area contributed by atoms with Crippen molar-refractivity contribution in [3.05, 3.63) is 53.1 Å². The number of hydrogen-bond acceptors (Lipinski definition) is 5. The van der Waals surface area contributed by atoms with Gasteiger partial charge in [-0.2, -0.15) is 5.10 Å². The van der Waals surface area contributed by atoms with Crippen LogP contribution in [-0.2, 0) is 4.79 Å². The molecule has 0 saturated carbocycles. The largest absolute Gasteiger partial charge is 0.493 e. The third-order valence-corrected chi connectivity index (χ3v) is 4.25. The summed E-state index contributed by atoms with van der Waals surface area (Å²) in [4.78, 5) is 11.8. The molecule has 0 heterocycles. The van der Waals surface area contributed by atoms with Crippen LogP contribution in [0.25, 0.3) is 0 Å². The van der Waals surface area contributed by atoms with Crippen molar-refractivity contribution < 1.29 is 19.0 Å². The normalized spacial score (nSPS) is 10.7. The lowest BCUT2D eigenvalue weighted by Gasteiger charge is -2.11. The number of methoxy groups -OCH3 is 1. The Bertz CT molecular complexity index is 811. The molecule has 0 bridgehead atoms. The smallest absolute Gasteiger partial charge is 0.277 e. The predicted octanol–water partition coefficient (Wildman–Crippen LogP) is 4.84. The van der Waals surface area contributed by atoms with Crippen molar-refractivity contribution >= 4 is 23.7 Å². The highest BCUT2D eigenvalue weighted by atomic mass is 35.5. The fraction of sp³-hybridized carbons (Fsp3) is 0.364. The molecule has 7 heteroatoms. The summed E-state index contributed by atoms with van der Waals surface area (Å²) in [6.07, 6.45) is 6.12. The molecule has 0 fully saturated rings. The third-order valence-electron chi connectivity index (χ3n) is 4.01. The molecule has 2 rings (SSSR count). The number of hydrazone groups is 1. The van der Waals surface area contributed by atoms with Crippen molar-refractivity contribution in [2.75, 3.05) is 20.3 Å². The SMILES string of the molecule is CCCCCCOc1ccc(/C=N/NC(=O)COc2cccc(Cl)c2)cc1OC. The lowest BCUT2D eigenvalue weighted by Crippen LogP contribution is -2.24. The van der Waals surface area contributed by atoms with Gasteiger partial charge >= 0.3 is 0 Å². The molecule has 0 aliphatic heterocycles. The average molecular weight is 419 g/mol. The van der Waals surface area contributed by atoms with Crippen LogP contribution in [0, 0.1) is 0 Å². The van der Waals surface area contributed by atoms with Crippen molar-refractivity contribution in [1.82, 2.24) is 5.43 Å². The van der Waals surface area contributed by atoms with Gasteiger partial charge in [0.1, 0.15) is 5.75 Å². The van der Waals surface area contributed by atoms with Crippen LogP contribution in [0.3, 0.4) is 0 Å². The van der Waals surface area contributed by atoms with E-state index in [0.717, 1.165) is 18.4 Å². The van der Waals surface area contributed by atoms with E-state index in [2.05, 4.69) is 17.5 Å². The zero-order valence-corrected chi connectivity index (χ0v) is 17.6.